The molecular weight excluding hydrogens is 241 g/mol. The zero-order valence-electron chi connectivity index (χ0n) is 9.54. The predicted octanol–water partition coefficient (Wildman–Crippen LogP) is 3.92. The molecule has 0 heterocycles. The van der Waals surface area contributed by atoms with Gasteiger partial charge in [0.05, 0.1) is 5.56 Å². The average molecular weight is 250 g/mol. The van der Waals surface area contributed by atoms with E-state index in [1.165, 1.54) is 12.1 Å². The van der Waals surface area contributed by atoms with E-state index in [1.54, 1.807) is 19.1 Å². The minimum atomic E-state index is -4.39. The predicted molar refractivity (Wildman–Crippen MR) is 59.9 cm³/mol. The van der Waals surface area contributed by atoms with Gasteiger partial charge < -0.3 is 0 Å². The maximum Gasteiger partial charge on any atom is 0.416 e. The SMILES string of the molecule is CCC(=C(C#N)C#N)c1ccc(C(F)(F)F)cc1. The van der Waals surface area contributed by atoms with Crippen LogP contribution in [-0.2, 0) is 6.18 Å². The number of hydrogen-bond acceptors (Lipinski definition) is 2. The van der Waals surface area contributed by atoms with Crippen molar-refractivity contribution < 1.29 is 13.2 Å². The van der Waals surface area contributed by atoms with Crippen molar-refractivity contribution in [2.24, 2.45) is 0 Å². The summed E-state index contributed by atoms with van der Waals surface area (Å²) in [5.74, 6) is 0. The number of nitrogens with zero attached hydrogens (tertiary/aromatic N) is 2. The third-order valence-corrected chi connectivity index (χ3v) is 2.44. The summed E-state index contributed by atoms with van der Waals surface area (Å²) in [5.41, 5.74) is 0.0896. The highest BCUT2D eigenvalue weighted by atomic mass is 19.4. The molecule has 0 atom stereocenters. The molecule has 18 heavy (non-hydrogen) atoms. The summed E-state index contributed by atoms with van der Waals surface area (Å²) in [4.78, 5) is 0. The molecule has 0 spiro atoms. The van der Waals surface area contributed by atoms with Crippen LogP contribution in [0.3, 0.4) is 0 Å². The van der Waals surface area contributed by atoms with Crippen LogP contribution >= 0.6 is 0 Å². The van der Waals surface area contributed by atoms with Crippen molar-refractivity contribution in [3.8, 4) is 12.1 Å². The molecule has 0 saturated heterocycles. The molecule has 2 nitrogen and oxygen atoms in total. The summed E-state index contributed by atoms with van der Waals surface area (Å²) in [7, 11) is 0. The first-order valence-electron chi connectivity index (χ1n) is 5.15. The molecule has 0 aromatic heterocycles. The largest absolute Gasteiger partial charge is 0.416 e. The lowest BCUT2D eigenvalue weighted by Crippen LogP contribution is -2.04. The summed E-state index contributed by atoms with van der Waals surface area (Å²) in [5, 5.41) is 17.5. The maximum atomic E-state index is 12.4. The standard InChI is InChI=1S/C13H9F3N2/c1-2-12(10(7-17)8-18)9-3-5-11(6-4-9)13(14,15)16/h3-6H,2H2,1H3. The van der Waals surface area contributed by atoms with Crippen LogP contribution in [-0.4, -0.2) is 0 Å². The minimum absolute atomic E-state index is 0.0720. The van der Waals surface area contributed by atoms with E-state index in [2.05, 4.69) is 0 Å². The second-order valence-corrected chi connectivity index (χ2v) is 3.51. The zero-order valence-corrected chi connectivity index (χ0v) is 9.54. The van der Waals surface area contributed by atoms with Crippen LogP contribution in [0.2, 0.25) is 0 Å². The van der Waals surface area contributed by atoms with Gasteiger partial charge >= 0.3 is 6.18 Å². The van der Waals surface area contributed by atoms with Crippen LogP contribution in [0.25, 0.3) is 5.57 Å². The van der Waals surface area contributed by atoms with Gasteiger partial charge in [-0.25, -0.2) is 0 Å². The monoisotopic (exact) mass is 250 g/mol. The van der Waals surface area contributed by atoms with Crippen molar-refractivity contribution in [1.29, 1.82) is 10.5 Å². The van der Waals surface area contributed by atoms with E-state index in [0.717, 1.165) is 12.1 Å². The number of benzene rings is 1. The highest BCUT2D eigenvalue weighted by Crippen LogP contribution is 2.31. The molecule has 0 aliphatic heterocycles. The molecule has 0 bridgehead atoms. The summed E-state index contributed by atoms with van der Waals surface area (Å²) in [6.07, 6.45) is -3.98. The lowest BCUT2D eigenvalue weighted by Gasteiger charge is -2.09. The van der Waals surface area contributed by atoms with Gasteiger partial charge in [0, 0.05) is 0 Å². The lowest BCUT2D eigenvalue weighted by atomic mass is 9.97. The Hall–Kier alpha value is -2.27. The molecule has 5 heteroatoms. The number of rotatable bonds is 2. The molecule has 0 N–H and O–H groups in total. The molecule has 92 valence electrons. The summed E-state index contributed by atoms with van der Waals surface area (Å²) < 4.78 is 37.1. The quantitative estimate of drug-likeness (QED) is 0.747. The van der Waals surface area contributed by atoms with Gasteiger partial charge in [0.15, 0.2) is 0 Å². The van der Waals surface area contributed by atoms with Crippen LogP contribution in [0.4, 0.5) is 13.2 Å². The van der Waals surface area contributed by atoms with Gasteiger partial charge in [0.1, 0.15) is 17.7 Å². The molecule has 1 aromatic carbocycles. The van der Waals surface area contributed by atoms with E-state index < -0.39 is 11.7 Å². The normalized spacial score (nSPS) is 10.3. The average Bonchev–Trinajstić information content (AvgIpc) is 2.35. The Morgan fingerprint density at radius 1 is 1.11 bits per heavy atom. The number of hydrogen-bond donors (Lipinski definition) is 0. The fourth-order valence-electron chi connectivity index (χ4n) is 1.55. The molecule has 1 rings (SSSR count). The van der Waals surface area contributed by atoms with Crippen molar-refractivity contribution in [3.05, 3.63) is 41.0 Å². The van der Waals surface area contributed by atoms with Crippen LogP contribution < -0.4 is 0 Å². The Labute approximate surface area is 103 Å². The van der Waals surface area contributed by atoms with E-state index in [4.69, 9.17) is 10.5 Å². The van der Waals surface area contributed by atoms with Gasteiger partial charge in [-0.1, -0.05) is 19.1 Å². The maximum absolute atomic E-state index is 12.4. The number of allylic oxidation sites excluding steroid dienone is 2. The smallest absolute Gasteiger partial charge is 0.192 e. The van der Waals surface area contributed by atoms with E-state index >= 15 is 0 Å². The Kier molecular flexibility index (Phi) is 4.12. The fraction of sp³-hybridized carbons (Fsp3) is 0.231. The first-order valence-corrected chi connectivity index (χ1v) is 5.15. The van der Waals surface area contributed by atoms with Crippen molar-refractivity contribution >= 4 is 5.57 Å². The minimum Gasteiger partial charge on any atom is -0.192 e. The van der Waals surface area contributed by atoms with Gasteiger partial charge in [-0.15, -0.1) is 0 Å². The summed E-state index contributed by atoms with van der Waals surface area (Å²) in [6, 6.07) is 7.92. The van der Waals surface area contributed by atoms with E-state index in [9.17, 15) is 13.2 Å². The molecule has 0 aliphatic carbocycles. The first kappa shape index (κ1) is 13.8. The molecule has 0 fully saturated rings. The van der Waals surface area contributed by atoms with E-state index in [0.29, 0.717) is 17.6 Å². The Bertz CT molecular complexity index is 524. The molecule has 0 aliphatic rings. The summed E-state index contributed by atoms with van der Waals surface area (Å²) >= 11 is 0. The number of halogens is 3. The third-order valence-electron chi connectivity index (χ3n) is 2.44. The Morgan fingerprint density at radius 2 is 1.61 bits per heavy atom. The Balaban J connectivity index is 3.25. The van der Waals surface area contributed by atoms with Crippen molar-refractivity contribution in [2.75, 3.05) is 0 Å². The molecule has 0 radical (unpaired) electrons. The zero-order chi connectivity index (χ0) is 13.8. The third kappa shape index (κ3) is 2.89. The highest BCUT2D eigenvalue weighted by molar-refractivity contribution is 5.75. The summed E-state index contributed by atoms with van der Waals surface area (Å²) in [6.45, 7) is 1.74. The molecule has 0 saturated carbocycles. The highest BCUT2D eigenvalue weighted by Gasteiger charge is 2.30. The molecular formula is C13H9F3N2. The number of alkyl halides is 3. The van der Waals surface area contributed by atoms with Crippen LogP contribution in [0.15, 0.2) is 29.8 Å². The molecule has 0 unspecified atom stereocenters. The van der Waals surface area contributed by atoms with E-state index in [-0.39, 0.29) is 5.57 Å². The second-order valence-electron chi connectivity index (χ2n) is 3.51. The van der Waals surface area contributed by atoms with Crippen LogP contribution in [0.5, 0.6) is 0 Å². The van der Waals surface area contributed by atoms with Gasteiger partial charge in [-0.3, -0.25) is 0 Å². The van der Waals surface area contributed by atoms with Gasteiger partial charge in [-0.05, 0) is 29.7 Å². The number of nitriles is 2. The molecule has 1 aromatic rings. The van der Waals surface area contributed by atoms with Crippen LogP contribution in [0.1, 0.15) is 24.5 Å². The fourth-order valence-corrected chi connectivity index (χ4v) is 1.55. The van der Waals surface area contributed by atoms with E-state index in [1.807, 2.05) is 0 Å². The van der Waals surface area contributed by atoms with Crippen molar-refractivity contribution in [2.45, 2.75) is 19.5 Å². The Morgan fingerprint density at radius 3 is 1.94 bits per heavy atom. The van der Waals surface area contributed by atoms with Gasteiger partial charge in [0.2, 0.25) is 0 Å². The van der Waals surface area contributed by atoms with Gasteiger partial charge in [0.25, 0.3) is 0 Å². The molecule has 0 amide bonds. The van der Waals surface area contributed by atoms with Crippen molar-refractivity contribution in [3.63, 3.8) is 0 Å². The first-order chi connectivity index (χ1) is 8.43. The van der Waals surface area contributed by atoms with Gasteiger partial charge in [-0.2, -0.15) is 23.7 Å². The van der Waals surface area contributed by atoms with Crippen LogP contribution in [0, 0.1) is 22.7 Å². The van der Waals surface area contributed by atoms with Crippen molar-refractivity contribution in [1.82, 2.24) is 0 Å². The second kappa shape index (κ2) is 5.37. The lowest BCUT2D eigenvalue weighted by molar-refractivity contribution is -0.137. The topological polar surface area (TPSA) is 47.6 Å².